The van der Waals surface area contributed by atoms with E-state index in [0.717, 1.165) is 24.0 Å². The third-order valence-electron chi connectivity index (χ3n) is 6.01. The molecule has 0 aromatic heterocycles. The second-order valence-corrected chi connectivity index (χ2v) is 10.9. The van der Waals surface area contributed by atoms with E-state index in [2.05, 4.69) is 0 Å². The highest BCUT2D eigenvalue weighted by atomic mass is 31.2. The van der Waals surface area contributed by atoms with Gasteiger partial charge in [0.25, 0.3) is 0 Å². The second-order valence-electron chi connectivity index (χ2n) is 9.30. The number of phosphoric ester groups is 1. The Kier molecular flexibility index (Phi) is 13.6. The molecule has 0 bridgehead atoms. The third kappa shape index (κ3) is 10.8. The minimum Gasteiger partial charge on any atom is -0.454 e. The zero-order chi connectivity index (χ0) is 27.9. The van der Waals surface area contributed by atoms with Gasteiger partial charge in [-0.15, -0.1) is 0 Å². The van der Waals surface area contributed by atoms with Crippen LogP contribution in [0.2, 0.25) is 0 Å². The number of unbranched alkanes of at least 4 members (excludes halogenated alkanes) is 2. The smallest absolute Gasteiger partial charge is 0.454 e. The van der Waals surface area contributed by atoms with Crippen LogP contribution in [0.4, 0.5) is 0 Å². The summed E-state index contributed by atoms with van der Waals surface area (Å²) in [6, 6.07) is 19.3. The number of carbonyl (C=O) groups excluding carboxylic acids is 1. The predicted octanol–water partition coefficient (Wildman–Crippen LogP) is 6.20. The number of hydrogen-bond acceptors (Lipinski definition) is 9. The van der Waals surface area contributed by atoms with Crippen molar-refractivity contribution < 1.29 is 41.9 Å². The van der Waals surface area contributed by atoms with Gasteiger partial charge in [0.15, 0.2) is 6.10 Å². The molecule has 0 aliphatic carbocycles. The molecule has 1 aliphatic heterocycles. The fourth-order valence-electron chi connectivity index (χ4n) is 3.91. The Hall–Kier alpha value is -2.10. The van der Waals surface area contributed by atoms with Gasteiger partial charge in [0, 0.05) is 6.92 Å². The number of ether oxygens (including phenoxy) is 4. The lowest BCUT2D eigenvalue weighted by Crippen LogP contribution is -2.57. The number of hydrogen-bond donors (Lipinski definition) is 0. The Labute approximate surface area is 231 Å². The molecule has 10 heteroatoms. The lowest BCUT2D eigenvalue weighted by molar-refractivity contribution is -0.274. The maximum Gasteiger partial charge on any atom is 0.477 e. The summed E-state index contributed by atoms with van der Waals surface area (Å²) in [6.07, 6.45) is -0.653. The zero-order valence-corrected chi connectivity index (χ0v) is 24.0. The van der Waals surface area contributed by atoms with E-state index < -0.39 is 38.4 Å². The lowest BCUT2D eigenvalue weighted by atomic mass is 10.0. The molecule has 0 spiro atoms. The van der Waals surface area contributed by atoms with E-state index >= 15 is 0 Å². The Morgan fingerprint density at radius 3 is 1.90 bits per heavy atom. The van der Waals surface area contributed by atoms with E-state index in [4.69, 9.17) is 32.5 Å². The van der Waals surface area contributed by atoms with Crippen molar-refractivity contribution in [3.05, 3.63) is 71.8 Å². The maximum atomic E-state index is 13.6. The number of benzene rings is 2. The highest BCUT2D eigenvalue weighted by Crippen LogP contribution is 2.52. The van der Waals surface area contributed by atoms with Crippen LogP contribution in [0.1, 0.15) is 57.6 Å². The van der Waals surface area contributed by atoms with Gasteiger partial charge in [-0.05, 0) is 24.0 Å². The summed E-state index contributed by atoms with van der Waals surface area (Å²) in [5.41, 5.74) is 1.90. The third-order valence-corrected chi connectivity index (χ3v) is 7.47. The van der Waals surface area contributed by atoms with Crippen LogP contribution in [0.15, 0.2) is 60.7 Å². The van der Waals surface area contributed by atoms with Gasteiger partial charge < -0.3 is 18.9 Å². The first-order chi connectivity index (χ1) is 18.9. The molecule has 0 radical (unpaired) electrons. The van der Waals surface area contributed by atoms with E-state index in [0.29, 0.717) is 19.4 Å². The van der Waals surface area contributed by atoms with Crippen LogP contribution in [0.3, 0.4) is 0 Å². The lowest BCUT2D eigenvalue weighted by Gasteiger charge is -2.41. The average Bonchev–Trinajstić information content (AvgIpc) is 2.93. The molecule has 1 aliphatic rings. The first-order valence-corrected chi connectivity index (χ1v) is 15.1. The minimum absolute atomic E-state index is 0.0542. The van der Waals surface area contributed by atoms with E-state index in [1.165, 1.54) is 6.92 Å². The molecule has 1 unspecified atom stereocenters. The van der Waals surface area contributed by atoms with E-state index in [1.807, 2.05) is 74.5 Å². The number of rotatable bonds is 17. The highest BCUT2D eigenvalue weighted by molar-refractivity contribution is 7.48. The summed E-state index contributed by atoms with van der Waals surface area (Å²) in [7, 11) is -4.03. The first-order valence-electron chi connectivity index (χ1n) is 13.6. The molecule has 1 fully saturated rings. The fourth-order valence-corrected chi connectivity index (χ4v) is 5.24. The molecule has 1 heterocycles. The summed E-state index contributed by atoms with van der Waals surface area (Å²) in [5, 5.41) is 0. The van der Waals surface area contributed by atoms with Crippen molar-refractivity contribution in [1.29, 1.82) is 0 Å². The SMILES string of the molecule is CCCCOP(=O)(OCCCC)OC1OC[C@@H](OCc2ccccc2)[C@@H](OCc2ccccc2)[C@@H]1OC(C)=O. The van der Waals surface area contributed by atoms with Crippen LogP contribution >= 0.6 is 7.82 Å². The molecule has 4 atom stereocenters. The molecule has 3 rings (SSSR count). The molecule has 2 aromatic rings. The van der Waals surface area contributed by atoms with E-state index in [-0.39, 0.29) is 26.4 Å². The van der Waals surface area contributed by atoms with Gasteiger partial charge in [-0.25, -0.2) is 4.57 Å². The quantitative estimate of drug-likeness (QED) is 0.126. The molecule has 216 valence electrons. The van der Waals surface area contributed by atoms with Gasteiger partial charge in [-0.3, -0.25) is 18.4 Å². The molecular formula is C29H41O9P. The number of carbonyl (C=O) groups is 1. The molecule has 0 N–H and O–H groups in total. The van der Waals surface area contributed by atoms with E-state index in [1.54, 1.807) is 0 Å². The Balaban J connectivity index is 1.82. The summed E-state index contributed by atoms with van der Waals surface area (Å²) in [6.45, 7) is 6.27. The van der Waals surface area contributed by atoms with Gasteiger partial charge in [0.2, 0.25) is 6.29 Å². The predicted molar refractivity (Wildman–Crippen MR) is 146 cm³/mol. The number of phosphoric acid groups is 1. The van der Waals surface area contributed by atoms with Crippen LogP contribution in [0.5, 0.6) is 0 Å². The van der Waals surface area contributed by atoms with Gasteiger partial charge >= 0.3 is 13.8 Å². The largest absolute Gasteiger partial charge is 0.477 e. The van der Waals surface area contributed by atoms with Crippen LogP contribution < -0.4 is 0 Å². The monoisotopic (exact) mass is 564 g/mol. The maximum absolute atomic E-state index is 13.6. The standard InChI is InChI=1S/C29H41O9P/c1-4-6-18-35-39(31,36-19-7-5-2)38-29-28(37-23(3)30)27(33-21-25-16-12-9-13-17-25)26(22-34-29)32-20-24-14-10-8-11-15-24/h8-17,26-29H,4-7,18-22H2,1-3H3/t26-,27-,28+,29?/m1/s1. The Bertz CT molecular complexity index is 990. The molecule has 2 aromatic carbocycles. The average molecular weight is 565 g/mol. The molecule has 1 saturated heterocycles. The molecule has 0 saturated carbocycles. The summed E-state index contributed by atoms with van der Waals surface area (Å²) < 4.78 is 54.7. The van der Waals surface area contributed by atoms with Gasteiger partial charge in [-0.2, -0.15) is 0 Å². The van der Waals surface area contributed by atoms with Crippen LogP contribution in [-0.4, -0.2) is 50.4 Å². The first kappa shape index (κ1) is 31.4. The molecule has 39 heavy (non-hydrogen) atoms. The second kappa shape index (κ2) is 16.9. The molecule has 9 nitrogen and oxygen atoms in total. The van der Waals surface area contributed by atoms with Gasteiger partial charge in [0.1, 0.15) is 12.2 Å². The van der Waals surface area contributed by atoms with Crippen LogP contribution in [0, 0.1) is 0 Å². The fraction of sp³-hybridized carbons (Fsp3) is 0.552. The summed E-state index contributed by atoms with van der Waals surface area (Å²) in [5.74, 6) is -0.567. The zero-order valence-electron chi connectivity index (χ0n) is 23.1. The Morgan fingerprint density at radius 2 is 1.38 bits per heavy atom. The summed E-state index contributed by atoms with van der Waals surface area (Å²) in [4.78, 5) is 12.2. The Morgan fingerprint density at radius 1 is 0.846 bits per heavy atom. The van der Waals surface area contributed by atoms with Gasteiger partial charge in [0.05, 0.1) is 33.0 Å². The van der Waals surface area contributed by atoms with Gasteiger partial charge in [-0.1, -0.05) is 87.4 Å². The minimum atomic E-state index is -4.03. The molecule has 0 amide bonds. The van der Waals surface area contributed by atoms with Crippen molar-refractivity contribution >= 4 is 13.8 Å². The van der Waals surface area contributed by atoms with Crippen molar-refractivity contribution in [2.24, 2.45) is 0 Å². The van der Waals surface area contributed by atoms with E-state index in [9.17, 15) is 9.36 Å². The van der Waals surface area contributed by atoms with Crippen molar-refractivity contribution in [3.8, 4) is 0 Å². The number of esters is 1. The van der Waals surface area contributed by atoms with Crippen molar-refractivity contribution in [2.45, 2.75) is 84.3 Å². The van der Waals surface area contributed by atoms with Crippen molar-refractivity contribution in [3.63, 3.8) is 0 Å². The summed E-state index contributed by atoms with van der Waals surface area (Å²) >= 11 is 0. The topological polar surface area (TPSA) is 98.8 Å². The van der Waals surface area contributed by atoms with Crippen molar-refractivity contribution in [1.82, 2.24) is 0 Å². The molecular weight excluding hydrogens is 523 g/mol. The normalized spacial score (nSPS) is 21.5. The van der Waals surface area contributed by atoms with Crippen molar-refractivity contribution in [2.75, 3.05) is 19.8 Å². The van der Waals surface area contributed by atoms with Crippen LogP contribution in [0.25, 0.3) is 0 Å². The highest BCUT2D eigenvalue weighted by Gasteiger charge is 2.48. The van der Waals surface area contributed by atoms with Crippen LogP contribution in [-0.2, 0) is 55.1 Å².